The number of fused-ring (bicyclic) bond motifs is 1. The molecule has 4 heteroatoms. The molecular weight excluding hydrogens is 351 g/mol. The standard InChI is InChI=1S/C21H26N2.2ClH/c1-16-3-2-11-23(16)12-10-17-4-6-18(7-5-17)19-8-9-20-14-22-15-21(20)13-19;;/h4-9,13,16,22H,2-3,10-12,14-15H2,1H3;2*1H. The topological polar surface area (TPSA) is 15.3 Å². The smallest absolute Gasteiger partial charge is 0.0212 e. The predicted octanol–water partition coefficient (Wildman–Crippen LogP) is 4.83. The molecule has 0 aliphatic carbocycles. The highest BCUT2D eigenvalue weighted by atomic mass is 35.5. The van der Waals surface area contributed by atoms with Crippen molar-refractivity contribution in [1.29, 1.82) is 0 Å². The number of nitrogens with one attached hydrogen (secondary N) is 1. The Morgan fingerprint density at radius 3 is 2.40 bits per heavy atom. The Hall–Kier alpha value is -1.06. The van der Waals surface area contributed by atoms with Crippen molar-refractivity contribution < 1.29 is 0 Å². The van der Waals surface area contributed by atoms with E-state index in [-0.39, 0.29) is 24.8 Å². The van der Waals surface area contributed by atoms with Gasteiger partial charge in [-0.15, -0.1) is 24.8 Å². The predicted molar refractivity (Wildman–Crippen MR) is 111 cm³/mol. The Morgan fingerprint density at radius 2 is 1.68 bits per heavy atom. The molecule has 25 heavy (non-hydrogen) atoms. The van der Waals surface area contributed by atoms with Crippen LogP contribution in [0.2, 0.25) is 0 Å². The lowest BCUT2D eigenvalue weighted by molar-refractivity contribution is 0.272. The molecule has 2 nitrogen and oxygen atoms in total. The van der Waals surface area contributed by atoms with Gasteiger partial charge in [-0.3, -0.25) is 0 Å². The van der Waals surface area contributed by atoms with Gasteiger partial charge in [0.05, 0.1) is 0 Å². The summed E-state index contributed by atoms with van der Waals surface area (Å²) in [5, 5.41) is 3.42. The van der Waals surface area contributed by atoms with Gasteiger partial charge in [0.25, 0.3) is 0 Å². The summed E-state index contributed by atoms with van der Waals surface area (Å²) in [6, 6.07) is 16.8. The fraction of sp³-hybridized carbons (Fsp3) is 0.429. The molecule has 1 N–H and O–H groups in total. The zero-order valence-corrected chi connectivity index (χ0v) is 16.5. The van der Waals surface area contributed by atoms with Gasteiger partial charge in [0.2, 0.25) is 0 Å². The van der Waals surface area contributed by atoms with Crippen LogP contribution in [-0.2, 0) is 19.5 Å². The van der Waals surface area contributed by atoms with Crippen LogP contribution in [0.5, 0.6) is 0 Å². The second kappa shape index (κ2) is 9.05. The highest BCUT2D eigenvalue weighted by Crippen LogP contribution is 2.25. The first-order valence-corrected chi connectivity index (χ1v) is 8.95. The highest BCUT2D eigenvalue weighted by molar-refractivity contribution is 5.85. The average Bonchev–Trinajstić information content (AvgIpc) is 3.21. The van der Waals surface area contributed by atoms with E-state index in [1.54, 1.807) is 0 Å². The Balaban J connectivity index is 0.00000113. The van der Waals surface area contributed by atoms with Crippen LogP contribution in [-0.4, -0.2) is 24.0 Å². The maximum Gasteiger partial charge on any atom is 0.0212 e. The molecule has 4 rings (SSSR count). The molecule has 1 atom stereocenters. The maximum absolute atomic E-state index is 3.42. The van der Waals surface area contributed by atoms with Gasteiger partial charge in [-0.05, 0) is 66.6 Å². The quantitative estimate of drug-likeness (QED) is 0.819. The molecule has 0 bridgehead atoms. The van der Waals surface area contributed by atoms with Gasteiger partial charge in [-0.25, -0.2) is 0 Å². The van der Waals surface area contributed by atoms with Crippen molar-refractivity contribution in [2.45, 2.75) is 45.3 Å². The fourth-order valence-corrected chi connectivity index (χ4v) is 3.94. The van der Waals surface area contributed by atoms with Crippen LogP contribution >= 0.6 is 24.8 Å². The molecule has 0 radical (unpaired) electrons. The first-order valence-electron chi connectivity index (χ1n) is 8.95. The second-order valence-electron chi connectivity index (χ2n) is 7.06. The van der Waals surface area contributed by atoms with E-state index in [1.165, 1.54) is 60.2 Å². The Labute approximate surface area is 163 Å². The van der Waals surface area contributed by atoms with Crippen LogP contribution < -0.4 is 5.32 Å². The van der Waals surface area contributed by atoms with Gasteiger partial charge in [0.15, 0.2) is 0 Å². The highest BCUT2D eigenvalue weighted by Gasteiger charge is 2.19. The third-order valence-corrected chi connectivity index (χ3v) is 5.50. The lowest BCUT2D eigenvalue weighted by atomic mass is 9.99. The SMILES string of the molecule is CC1CCCN1CCc1ccc(-c2ccc3c(c2)CNC3)cc1.Cl.Cl. The minimum atomic E-state index is 0. The third-order valence-electron chi connectivity index (χ3n) is 5.50. The van der Waals surface area contributed by atoms with Gasteiger partial charge in [-0.1, -0.05) is 36.4 Å². The number of hydrogen-bond donors (Lipinski definition) is 1. The van der Waals surface area contributed by atoms with Gasteiger partial charge >= 0.3 is 0 Å². The van der Waals surface area contributed by atoms with E-state index in [0.29, 0.717) is 0 Å². The molecule has 2 aromatic carbocycles. The van der Waals surface area contributed by atoms with Crippen molar-refractivity contribution in [3.05, 3.63) is 59.2 Å². The monoisotopic (exact) mass is 378 g/mol. The zero-order chi connectivity index (χ0) is 15.6. The summed E-state index contributed by atoms with van der Waals surface area (Å²) >= 11 is 0. The summed E-state index contributed by atoms with van der Waals surface area (Å²) in [7, 11) is 0. The summed E-state index contributed by atoms with van der Waals surface area (Å²) in [5.74, 6) is 0. The molecule has 0 aromatic heterocycles. The van der Waals surface area contributed by atoms with E-state index in [4.69, 9.17) is 0 Å². The summed E-state index contributed by atoms with van der Waals surface area (Å²) in [6.07, 6.45) is 3.90. The van der Waals surface area contributed by atoms with Crippen LogP contribution in [0.1, 0.15) is 36.5 Å². The van der Waals surface area contributed by atoms with Gasteiger partial charge in [-0.2, -0.15) is 0 Å². The first kappa shape index (κ1) is 20.3. The van der Waals surface area contributed by atoms with Crippen LogP contribution in [0, 0.1) is 0 Å². The third kappa shape index (κ3) is 4.57. The lowest BCUT2D eigenvalue weighted by Crippen LogP contribution is -2.28. The van der Waals surface area contributed by atoms with E-state index >= 15 is 0 Å². The number of nitrogens with zero attached hydrogens (tertiary/aromatic N) is 1. The van der Waals surface area contributed by atoms with E-state index in [1.807, 2.05) is 0 Å². The molecule has 1 fully saturated rings. The Morgan fingerprint density at radius 1 is 0.960 bits per heavy atom. The van der Waals surface area contributed by atoms with Gasteiger partial charge < -0.3 is 10.2 Å². The van der Waals surface area contributed by atoms with Crippen molar-refractivity contribution in [2.75, 3.05) is 13.1 Å². The molecule has 1 unspecified atom stereocenters. The van der Waals surface area contributed by atoms with Crippen LogP contribution in [0.15, 0.2) is 42.5 Å². The molecule has 0 spiro atoms. The lowest BCUT2D eigenvalue weighted by Gasteiger charge is -2.20. The molecule has 2 aromatic rings. The number of hydrogen-bond acceptors (Lipinski definition) is 2. The Bertz CT molecular complexity index is 685. The molecule has 2 aliphatic rings. The zero-order valence-electron chi connectivity index (χ0n) is 14.8. The molecule has 2 heterocycles. The van der Waals surface area contributed by atoms with Crippen LogP contribution in [0.25, 0.3) is 11.1 Å². The number of benzene rings is 2. The van der Waals surface area contributed by atoms with Crippen molar-refractivity contribution >= 4 is 24.8 Å². The van der Waals surface area contributed by atoms with Crippen LogP contribution in [0.3, 0.4) is 0 Å². The van der Waals surface area contributed by atoms with E-state index < -0.39 is 0 Å². The van der Waals surface area contributed by atoms with E-state index in [9.17, 15) is 0 Å². The largest absolute Gasteiger partial charge is 0.309 e. The minimum absolute atomic E-state index is 0. The Kier molecular flexibility index (Phi) is 7.33. The van der Waals surface area contributed by atoms with E-state index in [2.05, 4.69) is 59.6 Å². The van der Waals surface area contributed by atoms with Crippen molar-refractivity contribution in [2.24, 2.45) is 0 Å². The summed E-state index contributed by atoms with van der Waals surface area (Å²) < 4.78 is 0. The van der Waals surface area contributed by atoms with Gasteiger partial charge in [0, 0.05) is 25.7 Å². The number of likely N-dealkylation sites (tertiary alicyclic amines) is 1. The molecule has 0 saturated carbocycles. The van der Waals surface area contributed by atoms with Crippen molar-refractivity contribution in [1.82, 2.24) is 10.2 Å². The fourth-order valence-electron chi connectivity index (χ4n) is 3.94. The van der Waals surface area contributed by atoms with Crippen LogP contribution in [0.4, 0.5) is 0 Å². The van der Waals surface area contributed by atoms with Crippen molar-refractivity contribution in [3.8, 4) is 11.1 Å². The number of halogens is 2. The first-order chi connectivity index (χ1) is 11.3. The van der Waals surface area contributed by atoms with Gasteiger partial charge in [0.1, 0.15) is 0 Å². The summed E-state index contributed by atoms with van der Waals surface area (Å²) in [5.41, 5.74) is 7.03. The number of rotatable bonds is 4. The molecule has 1 saturated heterocycles. The van der Waals surface area contributed by atoms with Crippen molar-refractivity contribution in [3.63, 3.8) is 0 Å². The molecule has 2 aliphatic heterocycles. The molecule has 136 valence electrons. The summed E-state index contributed by atoms with van der Waals surface area (Å²) in [6.45, 7) is 6.87. The average molecular weight is 379 g/mol. The normalized spacial score (nSPS) is 19.2. The maximum atomic E-state index is 3.42. The van der Waals surface area contributed by atoms with E-state index in [0.717, 1.165) is 19.1 Å². The summed E-state index contributed by atoms with van der Waals surface area (Å²) in [4.78, 5) is 2.63. The molecular formula is C21H28Cl2N2. The molecule has 0 amide bonds. The second-order valence-corrected chi connectivity index (χ2v) is 7.06. The minimum Gasteiger partial charge on any atom is -0.309 e.